The fourth-order valence-electron chi connectivity index (χ4n) is 4.39. The first-order valence-electron chi connectivity index (χ1n) is 11.0. The maximum absolute atomic E-state index is 12.6. The molecule has 174 valence electrons. The number of benzene rings is 1. The molecule has 2 aliphatic rings. The van der Waals surface area contributed by atoms with Crippen molar-refractivity contribution in [1.29, 1.82) is 0 Å². The van der Waals surface area contributed by atoms with Gasteiger partial charge in [-0.15, -0.1) is 0 Å². The minimum Gasteiger partial charge on any atom is -0.534 e. The van der Waals surface area contributed by atoms with Crippen LogP contribution in [0.1, 0.15) is 48.0 Å². The quantitative estimate of drug-likeness (QED) is 0.206. The number of carbonyl (C=O) groups excluding carboxylic acids is 2. The van der Waals surface area contributed by atoms with E-state index < -0.39 is 19.0 Å². The average Bonchev–Trinajstić information content (AvgIpc) is 2.74. The van der Waals surface area contributed by atoms with Crippen LogP contribution >= 0.6 is 0 Å². The number of hydrogen-bond acceptors (Lipinski definition) is 7. The molecular weight excluding hydrogens is 415 g/mol. The van der Waals surface area contributed by atoms with E-state index in [1.54, 1.807) is 12.1 Å². The van der Waals surface area contributed by atoms with Crippen molar-refractivity contribution in [2.24, 2.45) is 11.7 Å². The van der Waals surface area contributed by atoms with Crippen molar-refractivity contribution in [1.82, 2.24) is 16.0 Å². The number of rotatable bonds is 10. The molecule has 0 unspecified atom stereocenters. The molecule has 1 atom stereocenters. The highest BCUT2D eigenvalue weighted by Crippen LogP contribution is 2.31. The molecule has 0 radical (unpaired) electrons. The lowest BCUT2D eigenvalue weighted by Gasteiger charge is -2.31. The third-order valence-corrected chi connectivity index (χ3v) is 6.05. The van der Waals surface area contributed by atoms with Crippen LogP contribution in [0.4, 0.5) is 0 Å². The Kier molecular flexibility index (Phi) is 8.49. The van der Waals surface area contributed by atoms with Gasteiger partial charge in [0, 0.05) is 25.6 Å². The molecule has 0 bridgehead atoms. The Hall–Kier alpha value is -2.63. The Morgan fingerprint density at radius 3 is 2.59 bits per heavy atom. The second-order valence-electron chi connectivity index (χ2n) is 8.50. The van der Waals surface area contributed by atoms with E-state index in [2.05, 4.69) is 16.0 Å². The van der Waals surface area contributed by atoms with E-state index in [9.17, 15) is 24.5 Å². The summed E-state index contributed by atoms with van der Waals surface area (Å²) in [5, 5.41) is 28.8. The molecule has 11 heteroatoms. The summed E-state index contributed by atoms with van der Waals surface area (Å²) in [6.07, 6.45) is 4.53. The SMILES string of the molecule is NC(=O)CNCCNC1CCC(CC(=O)N[C@H]2Cc3cccc(C(=O)O)c3OB2O)CC1. The van der Waals surface area contributed by atoms with Crippen molar-refractivity contribution in [3.63, 3.8) is 0 Å². The number of nitrogens with one attached hydrogen (secondary N) is 3. The molecule has 1 aliphatic carbocycles. The van der Waals surface area contributed by atoms with E-state index in [4.69, 9.17) is 10.4 Å². The van der Waals surface area contributed by atoms with Gasteiger partial charge in [-0.1, -0.05) is 12.1 Å². The van der Waals surface area contributed by atoms with Crippen LogP contribution in [-0.4, -0.2) is 66.6 Å². The predicted octanol–water partition coefficient (Wildman–Crippen LogP) is -0.562. The molecule has 3 rings (SSSR count). The van der Waals surface area contributed by atoms with Crippen LogP contribution in [0.25, 0.3) is 0 Å². The van der Waals surface area contributed by atoms with Gasteiger partial charge in [0.25, 0.3) is 0 Å². The fourth-order valence-corrected chi connectivity index (χ4v) is 4.39. The van der Waals surface area contributed by atoms with Gasteiger partial charge in [0.05, 0.1) is 18.0 Å². The molecular formula is C21H31BN4O6. The van der Waals surface area contributed by atoms with Crippen LogP contribution in [0.15, 0.2) is 18.2 Å². The molecule has 1 aromatic rings. The lowest BCUT2D eigenvalue weighted by Crippen LogP contribution is -2.53. The Labute approximate surface area is 187 Å². The Balaban J connectivity index is 1.40. The molecule has 1 aliphatic heterocycles. The van der Waals surface area contributed by atoms with E-state index in [0.29, 0.717) is 31.0 Å². The minimum atomic E-state index is -1.30. The van der Waals surface area contributed by atoms with Gasteiger partial charge in [-0.25, -0.2) is 4.79 Å². The first-order chi connectivity index (χ1) is 15.3. The molecule has 1 aromatic carbocycles. The van der Waals surface area contributed by atoms with Crippen molar-refractivity contribution < 1.29 is 29.2 Å². The topological polar surface area (TPSA) is 163 Å². The van der Waals surface area contributed by atoms with E-state index in [-0.39, 0.29) is 35.6 Å². The number of para-hydroxylation sites is 1. The van der Waals surface area contributed by atoms with Gasteiger partial charge in [0.15, 0.2) is 0 Å². The second kappa shape index (κ2) is 11.3. The molecule has 1 heterocycles. The molecule has 0 spiro atoms. The number of carboxylic acid groups (broad SMARTS) is 1. The number of nitrogens with two attached hydrogens (primary N) is 1. The lowest BCUT2D eigenvalue weighted by molar-refractivity contribution is -0.122. The van der Waals surface area contributed by atoms with Crippen molar-refractivity contribution in [2.45, 2.75) is 50.5 Å². The normalized spacial score (nSPS) is 22.5. The minimum absolute atomic E-state index is 0.000320. The molecule has 0 aromatic heterocycles. The first-order valence-corrected chi connectivity index (χ1v) is 11.0. The standard InChI is InChI=1S/C21H31BN4O6/c23-18(27)12-24-8-9-25-15-6-4-13(5-7-15)10-19(28)26-17-11-14-2-1-3-16(21(29)30)20(14)32-22(17)31/h1-3,13,15,17,24-25,31H,4-12H2,(H2,23,27)(H,26,28)(H,29,30)/t13?,15?,17-/m0/s1. The summed E-state index contributed by atoms with van der Waals surface area (Å²) in [6.45, 7) is 1.61. The van der Waals surface area contributed by atoms with Gasteiger partial charge in [0.2, 0.25) is 11.8 Å². The van der Waals surface area contributed by atoms with Crippen LogP contribution in [-0.2, 0) is 16.0 Å². The highest BCUT2D eigenvalue weighted by Gasteiger charge is 2.38. The van der Waals surface area contributed by atoms with Crippen LogP contribution in [0.5, 0.6) is 5.75 Å². The van der Waals surface area contributed by atoms with Crippen molar-refractivity contribution in [2.75, 3.05) is 19.6 Å². The third-order valence-electron chi connectivity index (χ3n) is 6.05. The van der Waals surface area contributed by atoms with Crippen LogP contribution < -0.4 is 26.3 Å². The molecule has 0 saturated heterocycles. The van der Waals surface area contributed by atoms with Crippen LogP contribution in [0.3, 0.4) is 0 Å². The number of fused-ring (bicyclic) bond motifs is 1. The van der Waals surface area contributed by atoms with Gasteiger partial charge in [-0.3, -0.25) is 9.59 Å². The largest absolute Gasteiger partial charge is 0.547 e. The molecule has 1 saturated carbocycles. The van der Waals surface area contributed by atoms with Gasteiger partial charge in [-0.2, -0.15) is 0 Å². The molecule has 32 heavy (non-hydrogen) atoms. The number of amides is 2. The Bertz CT molecular complexity index is 831. The maximum Gasteiger partial charge on any atom is 0.547 e. The number of primary amides is 1. The number of carbonyl (C=O) groups is 3. The molecule has 2 amide bonds. The van der Waals surface area contributed by atoms with Gasteiger partial charge < -0.3 is 36.5 Å². The van der Waals surface area contributed by atoms with Crippen molar-refractivity contribution in [3.05, 3.63) is 29.3 Å². The molecule has 7 N–H and O–H groups in total. The maximum atomic E-state index is 12.6. The molecule has 10 nitrogen and oxygen atoms in total. The number of hydrogen-bond donors (Lipinski definition) is 6. The smallest absolute Gasteiger partial charge is 0.534 e. The third kappa shape index (κ3) is 6.68. The van der Waals surface area contributed by atoms with E-state index in [1.165, 1.54) is 6.07 Å². The second-order valence-corrected chi connectivity index (χ2v) is 8.50. The van der Waals surface area contributed by atoms with E-state index in [0.717, 1.165) is 32.2 Å². The summed E-state index contributed by atoms with van der Waals surface area (Å²) in [6, 6.07) is 5.20. The Morgan fingerprint density at radius 1 is 1.16 bits per heavy atom. The summed E-state index contributed by atoms with van der Waals surface area (Å²) in [7, 11) is -1.30. The number of carboxylic acids is 1. The number of aromatic carboxylic acids is 1. The van der Waals surface area contributed by atoms with Crippen molar-refractivity contribution in [3.8, 4) is 5.75 Å². The van der Waals surface area contributed by atoms with Gasteiger partial charge in [0.1, 0.15) is 5.75 Å². The molecule has 1 fully saturated rings. The van der Waals surface area contributed by atoms with E-state index in [1.807, 2.05) is 0 Å². The van der Waals surface area contributed by atoms with Gasteiger partial charge >= 0.3 is 13.1 Å². The predicted molar refractivity (Wildman–Crippen MR) is 118 cm³/mol. The summed E-state index contributed by atoms with van der Waals surface area (Å²) < 4.78 is 5.43. The zero-order chi connectivity index (χ0) is 23.1. The highest BCUT2D eigenvalue weighted by molar-refractivity contribution is 6.47. The zero-order valence-corrected chi connectivity index (χ0v) is 18.0. The van der Waals surface area contributed by atoms with Crippen LogP contribution in [0, 0.1) is 5.92 Å². The van der Waals surface area contributed by atoms with E-state index >= 15 is 0 Å². The summed E-state index contributed by atoms with van der Waals surface area (Å²) in [4.78, 5) is 34.6. The average molecular weight is 446 g/mol. The fraction of sp³-hybridized carbons (Fsp3) is 0.571. The summed E-state index contributed by atoms with van der Waals surface area (Å²) >= 11 is 0. The first kappa shape index (κ1) is 24.0. The monoisotopic (exact) mass is 446 g/mol. The van der Waals surface area contributed by atoms with Gasteiger partial charge in [-0.05, 0) is 49.7 Å². The Morgan fingerprint density at radius 2 is 1.91 bits per heavy atom. The zero-order valence-electron chi connectivity index (χ0n) is 18.0. The summed E-state index contributed by atoms with van der Waals surface area (Å²) in [5.41, 5.74) is 5.73. The van der Waals surface area contributed by atoms with Crippen LogP contribution in [0.2, 0.25) is 0 Å². The highest BCUT2D eigenvalue weighted by atomic mass is 16.5. The lowest BCUT2D eigenvalue weighted by atomic mass is 9.72. The van der Waals surface area contributed by atoms with Crippen molar-refractivity contribution >= 4 is 24.9 Å². The summed E-state index contributed by atoms with van der Waals surface area (Å²) in [5.74, 6) is -1.80.